The first-order valence-corrected chi connectivity index (χ1v) is 6.86. The van der Waals surface area contributed by atoms with Crippen molar-refractivity contribution in [3.63, 3.8) is 0 Å². The van der Waals surface area contributed by atoms with E-state index in [9.17, 15) is 8.42 Å². The largest absolute Gasteiger partial charge is 0.454 e. The van der Waals surface area contributed by atoms with Crippen molar-refractivity contribution in [3.8, 4) is 11.5 Å². The summed E-state index contributed by atoms with van der Waals surface area (Å²) in [6.07, 6.45) is 0. The van der Waals surface area contributed by atoms with Crippen LogP contribution in [0.25, 0.3) is 0 Å². The Hall–Kier alpha value is -1.31. The van der Waals surface area contributed by atoms with E-state index in [2.05, 4.69) is 5.32 Å². The zero-order valence-corrected chi connectivity index (χ0v) is 10.00. The summed E-state index contributed by atoms with van der Waals surface area (Å²) in [4.78, 5) is 0. The SMILES string of the molecule is NS(=O)(=O)CCNCc1cccc2c1OCO2. The van der Waals surface area contributed by atoms with Crippen molar-refractivity contribution in [2.75, 3.05) is 19.1 Å². The number of rotatable bonds is 5. The Labute approximate surface area is 99.8 Å². The molecule has 6 nitrogen and oxygen atoms in total. The molecular formula is C10H14N2O4S. The molecule has 17 heavy (non-hydrogen) atoms. The second-order valence-electron chi connectivity index (χ2n) is 3.69. The van der Waals surface area contributed by atoms with Crippen molar-refractivity contribution in [1.29, 1.82) is 0 Å². The summed E-state index contributed by atoms with van der Waals surface area (Å²) < 4.78 is 32.0. The molecule has 0 spiro atoms. The van der Waals surface area contributed by atoms with Crippen molar-refractivity contribution < 1.29 is 17.9 Å². The molecule has 1 heterocycles. The van der Waals surface area contributed by atoms with Gasteiger partial charge in [0.25, 0.3) is 0 Å². The molecule has 0 saturated heterocycles. The number of hydrogen-bond acceptors (Lipinski definition) is 5. The van der Waals surface area contributed by atoms with E-state index < -0.39 is 10.0 Å². The van der Waals surface area contributed by atoms with Crippen molar-refractivity contribution in [1.82, 2.24) is 5.32 Å². The summed E-state index contributed by atoms with van der Waals surface area (Å²) >= 11 is 0. The molecule has 0 amide bonds. The second-order valence-corrected chi connectivity index (χ2v) is 5.43. The molecule has 1 aliphatic rings. The number of ether oxygens (including phenoxy) is 2. The Morgan fingerprint density at radius 2 is 2.18 bits per heavy atom. The molecule has 1 aromatic carbocycles. The molecule has 0 aliphatic carbocycles. The number of fused-ring (bicyclic) bond motifs is 1. The van der Waals surface area contributed by atoms with Gasteiger partial charge in [-0.25, -0.2) is 13.6 Å². The molecule has 0 saturated carbocycles. The van der Waals surface area contributed by atoms with Gasteiger partial charge in [0.05, 0.1) is 5.75 Å². The Morgan fingerprint density at radius 1 is 1.35 bits per heavy atom. The molecule has 94 valence electrons. The highest BCUT2D eigenvalue weighted by molar-refractivity contribution is 7.89. The van der Waals surface area contributed by atoms with Crippen LogP contribution in [0.2, 0.25) is 0 Å². The predicted molar refractivity (Wildman–Crippen MR) is 62.2 cm³/mol. The average molecular weight is 258 g/mol. The van der Waals surface area contributed by atoms with Gasteiger partial charge in [-0.2, -0.15) is 0 Å². The highest BCUT2D eigenvalue weighted by Crippen LogP contribution is 2.34. The molecule has 1 aliphatic heterocycles. The van der Waals surface area contributed by atoms with Crippen LogP contribution >= 0.6 is 0 Å². The van der Waals surface area contributed by atoms with Crippen LogP contribution in [0.5, 0.6) is 11.5 Å². The first-order valence-electron chi connectivity index (χ1n) is 5.15. The lowest BCUT2D eigenvalue weighted by Crippen LogP contribution is -2.26. The second kappa shape index (κ2) is 4.91. The standard InChI is InChI=1S/C10H14N2O4S/c11-17(13,14)5-4-12-6-8-2-1-3-9-10(8)16-7-15-9/h1-3,12H,4-7H2,(H2,11,13,14). The Kier molecular flexibility index (Phi) is 3.51. The van der Waals surface area contributed by atoms with Crippen molar-refractivity contribution >= 4 is 10.0 Å². The van der Waals surface area contributed by atoms with E-state index in [0.717, 1.165) is 17.1 Å². The number of hydrogen-bond donors (Lipinski definition) is 2. The highest BCUT2D eigenvalue weighted by atomic mass is 32.2. The first-order chi connectivity index (χ1) is 8.06. The van der Waals surface area contributed by atoms with Crippen LogP contribution < -0.4 is 19.9 Å². The lowest BCUT2D eigenvalue weighted by molar-refractivity contribution is 0.173. The quantitative estimate of drug-likeness (QED) is 0.713. The summed E-state index contributed by atoms with van der Waals surface area (Å²) in [7, 11) is -3.41. The normalized spacial score (nSPS) is 13.9. The van der Waals surface area contributed by atoms with Gasteiger partial charge in [0.15, 0.2) is 11.5 Å². The lowest BCUT2D eigenvalue weighted by Gasteiger charge is -2.06. The number of sulfonamides is 1. The molecular weight excluding hydrogens is 244 g/mol. The van der Waals surface area contributed by atoms with Gasteiger partial charge in [-0.3, -0.25) is 0 Å². The van der Waals surface area contributed by atoms with Crippen molar-refractivity contribution in [3.05, 3.63) is 23.8 Å². The summed E-state index contributed by atoms with van der Waals surface area (Å²) in [5.41, 5.74) is 0.939. The molecule has 0 aromatic heterocycles. The Bertz CT molecular complexity index is 501. The molecule has 1 aromatic rings. The molecule has 2 rings (SSSR count). The van der Waals surface area contributed by atoms with Crippen LogP contribution in [0.1, 0.15) is 5.56 Å². The van der Waals surface area contributed by atoms with E-state index >= 15 is 0 Å². The molecule has 0 atom stereocenters. The lowest BCUT2D eigenvalue weighted by atomic mass is 10.2. The topological polar surface area (TPSA) is 90.7 Å². The summed E-state index contributed by atoms with van der Waals surface area (Å²) in [5.74, 6) is 1.35. The number of para-hydroxylation sites is 1. The third-order valence-corrected chi connectivity index (χ3v) is 3.13. The fourth-order valence-electron chi connectivity index (χ4n) is 1.57. The summed E-state index contributed by atoms with van der Waals surface area (Å²) in [6.45, 7) is 1.05. The van der Waals surface area contributed by atoms with Crippen LogP contribution in [0.15, 0.2) is 18.2 Å². The van der Waals surface area contributed by atoms with Crippen molar-refractivity contribution in [2.45, 2.75) is 6.54 Å². The van der Waals surface area contributed by atoms with Crippen LogP contribution in [-0.4, -0.2) is 27.5 Å². The fraction of sp³-hybridized carbons (Fsp3) is 0.400. The third kappa shape index (κ3) is 3.32. The van der Waals surface area contributed by atoms with E-state index in [1.165, 1.54) is 0 Å². The maximum Gasteiger partial charge on any atom is 0.231 e. The molecule has 0 unspecified atom stereocenters. The van der Waals surface area contributed by atoms with Gasteiger partial charge in [0.2, 0.25) is 16.8 Å². The molecule has 0 radical (unpaired) electrons. The summed E-state index contributed by atoms with van der Waals surface area (Å²) in [6, 6.07) is 5.60. The van der Waals surface area contributed by atoms with Crippen LogP contribution in [0.4, 0.5) is 0 Å². The highest BCUT2D eigenvalue weighted by Gasteiger charge is 2.16. The van der Waals surface area contributed by atoms with E-state index in [1.807, 2.05) is 18.2 Å². The Morgan fingerprint density at radius 3 is 2.94 bits per heavy atom. The zero-order valence-electron chi connectivity index (χ0n) is 9.18. The fourth-order valence-corrected chi connectivity index (χ4v) is 2.00. The number of nitrogens with two attached hydrogens (primary N) is 1. The maximum atomic E-state index is 10.7. The Balaban J connectivity index is 1.90. The molecule has 7 heteroatoms. The maximum absolute atomic E-state index is 10.7. The van der Waals surface area contributed by atoms with E-state index in [4.69, 9.17) is 14.6 Å². The van der Waals surface area contributed by atoms with Crippen LogP contribution in [0, 0.1) is 0 Å². The monoisotopic (exact) mass is 258 g/mol. The number of nitrogens with one attached hydrogen (secondary N) is 1. The third-order valence-electron chi connectivity index (χ3n) is 2.36. The smallest absolute Gasteiger partial charge is 0.231 e. The van der Waals surface area contributed by atoms with Gasteiger partial charge in [-0.05, 0) is 6.07 Å². The van der Waals surface area contributed by atoms with Gasteiger partial charge in [-0.15, -0.1) is 0 Å². The molecule has 3 N–H and O–H groups in total. The van der Waals surface area contributed by atoms with Crippen molar-refractivity contribution in [2.24, 2.45) is 5.14 Å². The van der Waals surface area contributed by atoms with E-state index in [1.54, 1.807) is 0 Å². The number of primary sulfonamides is 1. The predicted octanol–water partition coefficient (Wildman–Crippen LogP) is -0.207. The summed E-state index contributed by atoms with van der Waals surface area (Å²) in [5, 5.41) is 7.89. The number of benzene rings is 1. The minimum absolute atomic E-state index is 0.0839. The molecule has 0 fully saturated rings. The van der Waals surface area contributed by atoms with Gasteiger partial charge < -0.3 is 14.8 Å². The van der Waals surface area contributed by atoms with Crippen LogP contribution in [-0.2, 0) is 16.6 Å². The van der Waals surface area contributed by atoms with Gasteiger partial charge in [0.1, 0.15) is 0 Å². The molecule has 0 bridgehead atoms. The van der Waals surface area contributed by atoms with Crippen LogP contribution in [0.3, 0.4) is 0 Å². The zero-order chi connectivity index (χ0) is 12.3. The minimum Gasteiger partial charge on any atom is -0.454 e. The first kappa shape index (κ1) is 12.2. The van der Waals surface area contributed by atoms with Gasteiger partial charge >= 0.3 is 0 Å². The minimum atomic E-state index is -3.41. The average Bonchev–Trinajstić information content (AvgIpc) is 2.71. The van der Waals surface area contributed by atoms with Gasteiger partial charge in [-0.1, -0.05) is 12.1 Å². The van der Waals surface area contributed by atoms with E-state index in [0.29, 0.717) is 13.1 Å². The van der Waals surface area contributed by atoms with E-state index in [-0.39, 0.29) is 12.5 Å². The van der Waals surface area contributed by atoms with Gasteiger partial charge in [0, 0.05) is 18.7 Å².